The van der Waals surface area contributed by atoms with Gasteiger partial charge in [-0.3, -0.25) is 4.79 Å². The van der Waals surface area contributed by atoms with E-state index < -0.39 is 5.54 Å². The number of nitriles is 1. The molecule has 2 atom stereocenters. The molecule has 0 aromatic heterocycles. The lowest BCUT2D eigenvalue weighted by Gasteiger charge is -2.31. The normalized spacial score (nSPS) is 13.0. The lowest BCUT2D eigenvalue weighted by molar-refractivity contribution is -0.125. The van der Waals surface area contributed by atoms with Gasteiger partial charge in [-0.15, -0.1) is 0 Å². The first-order chi connectivity index (χ1) is 15.3. The van der Waals surface area contributed by atoms with Gasteiger partial charge in [-0.2, -0.15) is 5.26 Å². The summed E-state index contributed by atoms with van der Waals surface area (Å²) in [6, 6.07) is 27.1. The Bertz CT molecular complexity index is 1090. The third-order valence-electron chi connectivity index (χ3n) is 5.57. The van der Waals surface area contributed by atoms with Gasteiger partial charge in [-0.25, -0.2) is 0 Å². The monoisotopic (exact) mass is 445 g/mol. The first-order valence-corrected chi connectivity index (χ1v) is 11.0. The van der Waals surface area contributed by atoms with Gasteiger partial charge < -0.3 is 10.6 Å². The largest absolute Gasteiger partial charge is 0.372 e. The quantitative estimate of drug-likeness (QED) is 0.451. The molecular formula is C27H28ClN3O. The second-order valence-electron chi connectivity index (χ2n) is 8.55. The van der Waals surface area contributed by atoms with Crippen molar-refractivity contribution in [3.63, 3.8) is 0 Å². The van der Waals surface area contributed by atoms with Gasteiger partial charge in [0.2, 0.25) is 5.91 Å². The molecule has 0 aliphatic heterocycles. The molecule has 4 nitrogen and oxygen atoms in total. The molecule has 0 bridgehead atoms. The van der Waals surface area contributed by atoms with Crippen molar-refractivity contribution in [2.24, 2.45) is 0 Å². The number of carbonyl (C=O) groups excluding carboxylic acids is 1. The second-order valence-corrected chi connectivity index (χ2v) is 8.99. The van der Waals surface area contributed by atoms with Crippen molar-refractivity contribution in [1.82, 2.24) is 5.32 Å². The lowest BCUT2D eigenvalue weighted by atomic mass is 9.85. The molecule has 0 heterocycles. The molecule has 0 aliphatic carbocycles. The number of carbonyl (C=O) groups is 1. The van der Waals surface area contributed by atoms with E-state index in [1.165, 1.54) is 0 Å². The number of nitrogens with zero attached hydrogens (tertiary/aromatic N) is 1. The summed E-state index contributed by atoms with van der Waals surface area (Å²) in [6.45, 7) is 5.75. The molecule has 0 radical (unpaired) electrons. The molecule has 3 aromatic rings. The zero-order valence-corrected chi connectivity index (χ0v) is 19.4. The smallest absolute Gasteiger partial charge is 0.245 e. The number of hydrogen-bond donors (Lipinski definition) is 2. The molecule has 0 unspecified atom stereocenters. The number of halogens is 1. The van der Waals surface area contributed by atoms with Crippen molar-refractivity contribution in [3.8, 4) is 6.07 Å². The van der Waals surface area contributed by atoms with E-state index in [0.29, 0.717) is 17.0 Å². The Morgan fingerprint density at radius 1 is 1.03 bits per heavy atom. The van der Waals surface area contributed by atoms with Crippen molar-refractivity contribution >= 4 is 23.2 Å². The van der Waals surface area contributed by atoms with Crippen LogP contribution in [-0.4, -0.2) is 17.5 Å². The first kappa shape index (κ1) is 23.4. The van der Waals surface area contributed by atoms with E-state index in [2.05, 4.69) is 16.7 Å². The number of rotatable bonds is 8. The number of hydrogen-bond acceptors (Lipinski definition) is 3. The maximum Gasteiger partial charge on any atom is 0.245 e. The van der Waals surface area contributed by atoms with E-state index in [1.807, 2.05) is 93.6 Å². The van der Waals surface area contributed by atoms with Gasteiger partial charge >= 0.3 is 0 Å². The Balaban J connectivity index is 1.82. The third-order valence-corrected chi connectivity index (χ3v) is 5.83. The zero-order chi connectivity index (χ0) is 23.1. The molecule has 0 spiro atoms. The van der Waals surface area contributed by atoms with Crippen molar-refractivity contribution < 1.29 is 4.79 Å². The van der Waals surface area contributed by atoms with Crippen molar-refractivity contribution in [3.05, 3.63) is 101 Å². The van der Waals surface area contributed by atoms with Crippen LogP contribution in [0.2, 0.25) is 5.02 Å². The average Bonchev–Trinajstić information content (AvgIpc) is 2.79. The van der Waals surface area contributed by atoms with Crippen molar-refractivity contribution in [1.29, 1.82) is 5.26 Å². The summed E-state index contributed by atoms with van der Waals surface area (Å²) in [5.41, 5.74) is 2.83. The van der Waals surface area contributed by atoms with Gasteiger partial charge in [0.15, 0.2) is 0 Å². The third kappa shape index (κ3) is 6.12. The molecule has 0 saturated carbocycles. The fourth-order valence-electron chi connectivity index (χ4n) is 3.72. The summed E-state index contributed by atoms with van der Waals surface area (Å²) in [6.07, 6.45) is 0.708. The van der Waals surface area contributed by atoms with E-state index in [-0.39, 0.29) is 17.9 Å². The molecule has 2 N–H and O–H groups in total. The van der Waals surface area contributed by atoms with Gasteiger partial charge in [0.25, 0.3) is 0 Å². The van der Waals surface area contributed by atoms with Gasteiger partial charge in [-0.05, 0) is 74.7 Å². The first-order valence-electron chi connectivity index (χ1n) is 10.7. The van der Waals surface area contributed by atoms with Crippen molar-refractivity contribution in [2.45, 2.75) is 44.7 Å². The highest BCUT2D eigenvalue weighted by molar-refractivity contribution is 6.30. The molecule has 0 saturated heterocycles. The van der Waals surface area contributed by atoms with Crippen LogP contribution in [0.25, 0.3) is 0 Å². The summed E-state index contributed by atoms with van der Waals surface area (Å²) >= 11 is 6.05. The maximum atomic E-state index is 13.2. The predicted octanol–water partition coefficient (Wildman–Crippen LogP) is 5.93. The predicted molar refractivity (Wildman–Crippen MR) is 131 cm³/mol. The van der Waals surface area contributed by atoms with Crippen LogP contribution in [0, 0.1) is 11.3 Å². The van der Waals surface area contributed by atoms with Gasteiger partial charge in [0.1, 0.15) is 5.54 Å². The highest BCUT2D eigenvalue weighted by Gasteiger charge is 2.31. The number of para-hydroxylation sites is 1. The van der Waals surface area contributed by atoms with Crippen LogP contribution in [0.5, 0.6) is 0 Å². The van der Waals surface area contributed by atoms with Crippen molar-refractivity contribution in [2.75, 3.05) is 5.32 Å². The van der Waals surface area contributed by atoms with E-state index in [4.69, 9.17) is 11.6 Å². The van der Waals surface area contributed by atoms with Crippen LogP contribution in [0.3, 0.4) is 0 Å². The molecule has 0 aliphatic rings. The lowest BCUT2D eigenvalue weighted by Crippen LogP contribution is -2.51. The number of anilines is 1. The van der Waals surface area contributed by atoms with E-state index in [0.717, 1.165) is 16.8 Å². The minimum absolute atomic E-state index is 0.0130. The SMILES string of the molecule is C[C@H](NC(=O)C(C)(C)Nc1ccccc1)[C@@H](Cc1ccc(Cl)cc1)c1cccc(C#N)c1. The van der Waals surface area contributed by atoms with Crippen LogP contribution < -0.4 is 10.6 Å². The molecule has 5 heteroatoms. The Kier molecular flexibility index (Phi) is 7.56. The van der Waals surface area contributed by atoms with Crippen LogP contribution in [0.4, 0.5) is 5.69 Å². The molecule has 3 rings (SSSR count). The Morgan fingerprint density at radius 3 is 2.38 bits per heavy atom. The van der Waals surface area contributed by atoms with E-state index in [9.17, 15) is 10.1 Å². The summed E-state index contributed by atoms with van der Waals surface area (Å²) in [4.78, 5) is 13.2. The van der Waals surface area contributed by atoms with Gasteiger partial charge in [-0.1, -0.05) is 54.1 Å². The summed E-state index contributed by atoms with van der Waals surface area (Å²) in [5.74, 6) is -0.104. The van der Waals surface area contributed by atoms with Gasteiger partial charge in [0.05, 0.1) is 11.6 Å². The van der Waals surface area contributed by atoms with Crippen LogP contribution in [0.1, 0.15) is 43.4 Å². The van der Waals surface area contributed by atoms with Crippen LogP contribution >= 0.6 is 11.6 Å². The zero-order valence-electron chi connectivity index (χ0n) is 18.6. The Morgan fingerprint density at radius 2 is 1.72 bits per heavy atom. The summed E-state index contributed by atoms with van der Waals surface area (Å²) in [7, 11) is 0. The molecule has 3 aromatic carbocycles. The fraction of sp³-hybridized carbons (Fsp3) is 0.259. The Labute approximate surface area is 195 Å². The fourth-order valence-corrected chi connectivity index (χ4v) is 3.85. The number of amides is 1. The Hall–Kier alpha value is -3.29. The van der Waals surface area contributed by atoms with E-state index >= 15 is 0 Å². The van der Waals surface area contributed by atoms with Crippen LogP contribution in [0.15, 0.2) is 78.9 Å². The summed E-state index contributed by atoms with van der Waals surface area (Å²) in [5, 5.41) is 16.5. The van der Waals surface area contributed by atoms with Gasteiger partial charge in [0, 0.05) is 22.7 Å². The molecule has 32 heavy (non-hydrogen) atoms. The highest BCUT2D eigenvalue weighted by atomic mass is 35.5. The standard InChI is InChI=1S/C27H28ClN3O/c1-19(30-26(32)27(2,3)31-24-10-5-4-6-11-24)25(17-20-12-14-23(28)15-13-20)22-9-7-8-21(16-22)18-29/h4-16,19,25,31H,17H2,1-3H3,(H,30,32)/t19-,25+/m0/s1. The summed E-state index contributed by atoms with van der Waals surface area (Å²) < 4.78 is 0. The van der Waals surface area contributed by atoms with Crippen LogP contribution in [-0.2, 0) is 11.2 Å². The minimum atomic E-state index is -0.797. The average molecular weight is 446 g/mol. The number of benzene rings is 3. The number of nitrogens with one attached hydrogen (secondary N) is 2. The molecule has 164 valence electrons. The minimum Gasteiger partial charge on any atom is -0.372 e. The topological polar surface area (TPSA) is 64.9 Å². The molecule has 0 fully saturated rings. The highest BCUT2D eigenvalue weighted by Crippen LogP contribution is 2.27. The van der Waals surface area contributed by atoms with E-state index in [1.54, 1.807) is 6.07 Å². The molecule has 1 amide bonds. The second kappa shape index (κ2) is 10.3. The maximum absolute atomic E-state index is 13.2. The molecular weight excluding hydrogens is 418 g/mol.